The Bertz CT molecular complexity index is 790. The normalized spacial score (nSPS) is 11.4. The molecule has 0 aliphatic rings. The molecule has 4 N–H and O–H groups in total. The maximum absolute atomic E-state index is 12.3. The number of nitrogens with one attached hydrogen (secondary N) is 2. The Morgan fingerprint density at radius 3 is 2.36 bits per heavy atom. The molecule has 0 spiro atoms. The molecule has 0 aliphatic heterocycles. The summed E-state index contributed by atoms with van der Waals surface area (Å²) in [6.07, 6.45) is 0.296. The van der Waals surface area contributed by atoms with Gasteiger partial charge < -0.3 is 16.4 Å². The molecule has 0 aliphatic carbocycles. The molecule has 0 aromatic heterocycles. The fourth-order valence-corrected chi connectivity index (χ4v) is 2.72. The summed E-state index contributed by atoms with van der Waals surface area (Å²) in [5, 5.41) is 5.26. The molecule has 2 aromatic carbocycles. The lowest BCUT2D eigenvalue weighted by Gasteiger charge is -2.16. The van der Waals surface area contributed by atoms with Crippen LogP contribution in [0.3, 0.4) is 0 Å². The Balaban J connectivity index is 2.07. The Kier molecular flexibility index (Phi) is 6.30. The topological polar surface area (TPSA) is 101 Å². The van der Waals surface area contributed by atoms with Crippen LogP contribution in [0, 0.1) is 0 Å². The van der Waals surface area contributed by atoms with Crippen molar-refractivity contribution in [2.45, 2.75) is 19.4 Å². The molecule has 1 atom stereocenters. The zero-order chi connectivity index (χ0) is 18.4. The van der Waals surface area contributed by atoms with Gasteiger partial charge in [0, 0.05) is 29.1 Å². The van der Waals surface area contributed by atoms with E-state index in [0.717, 1.165) is 10.0 Å². The van der Waals surface area contributed by atoms with Gasteiger partial charge >= 0.3 is 0 Å². The van der Waals surface area contributed by atoms with Gasteiger partial charge in [-0.1, -0.05) is 28.1 Å². The summed E-state index contributed by atoms with van der Waals surface area (Å²) in [6, 6.07) is 13.0. The molecule has 2 rings (SSSR count). The van der Waals surface area contributed by atoms with Crippen LogP contribution in [0.15, 0.2) is 53.0 Å². The van der Waals surface area contributed by atoms with Crippen LogP contribution in [0.1, 0.15) is 22.8 Å². The van der Waals surface area contributed by atoms with Crippen molar-refractivity contribution in [3.8, 4) is 0 Å². The highest BCUT2D eigenvalue weighted by Gasteiger charge is 2.19. The summed E-state index contributed by atoms with van der Waals surface area (Å²) in [5.41, 5.74) is 7.25. The van der Waals surface area contributed by atoms with Crippen LogP contribution in [0.2, 0.25) is 0 Å². The molecular formula is C18H18BrN3O3. The smallest absolute Gasteiger partial charge is 0.251 e. The van der Waals surface area contributed by atoms with Crippen LogP contribution >= 0.6 is 15.9 Å². The number of carbonyl (C=O) groups excluding carboxylic acids is 3. The predicted octanol–water partition coefficient (Wildman–Crippen LogP) is 2.23. The van der Waals surface area contributed by atoms with Gasteiger partial charge in [-0.3, -0.25) is 14.4 Å². The van der Waals surface area contributed by atoms with E-state index in [-0.39, 0.29) is 5.91 Å². The number of amides is 3. The number of carbonyl (C=O) groups is 3. The van der Waals surface area contributed by atoms with Gasteiger partial charge in [0.15, 0.2) is 0 Å². The number of hydrogen-bond donors (Lipinski definition) is 3. The summed E-state index contributed by atoms with van der Waals surface area (Å²) >= 11 is 3.37. The van der Waals surface area contributed by atoms with Crippen molar-refractivity contribution in [2.75, 3.05) is 5.32 Å². The molecule has 0 fully saturated rings. The Hall–Kier alpha value is -2.67. The minimum absolute atomic E-state index is 0.194. The van der Waals surface area contributed by atoms with Crippen LogP contribution in [-0.4, -0.2) is 23.8 Å². The number of primary amides is 1. The first-order valence-corrected chi connectivity index (χ1v) is 8.36. The van der Waals surface area contributed by atoms with Crippen LogP contribution in [0.4, 0.5) is 5.69 Å². The van der Waals surface area contributed by atoms with Crippen LogP contribution in [-0.2, 0) is 16.0 Å². The molecule has 7 heteroatoms. The fraction of sp³-hybridized carbons (Fsp3) is 0.167. The molecule has 0 radical (unpaired) electrons. The van der Waals surface area contributed by atoms with E-state index >= 15 is 0 Å². The third-order valence-electron chi connectivity index (χ3n) is 3.45. The average molecular weight is 404 g/mol. The van der Waals surface area contributed by atoms with E-state index in [9.17, 15) is 14.4 Å². The Morgan fingerprint density at radius 2 is 1.80 bits per heavy atom. The lowest BCUT2D eigenvalue weighted by atomic mass is 10.0. The van der Waals surface area contributed by atoms with Crippen molar-refractivity contribution in [1.29, 1.82) is 0 Å². The largest absolute Gasteiger partial charge is 0.368 e. The number of halogens is 1. The lowest BCUT2D eigenvalue weighted by Crippen LogP contribution is -2.45. The van der Waals surface area contributed by atoms with E-state index in [1.165, 1.54) is 6.92 Å². The van der Waals surface area contributed by atoms with Gasteiger partial charge in [0.05, 0.1) is 0 Å². The molecule has 3 amide bonds. The Morgan fingerprint density at radius 1 is 1.12 bits per heavy atom. The predicted molar refractivity (Wildman–Crippen MR) is 99.0 cm³/mol. The second kappa shape index (κ2) is 8.43. The highest BCUT2D eigenvalue weighted by molar-refractivity contribution is 9.10. The van der Waals surface area contributed by atoms with Crippen molar-refractivity contribution in [3.05, 3.63) is 64.1 Å². The molecule has 25 heavy (non-hydrogen) atoms. The first kappa shape index (κ1) is 18.7. The van der Waals surface area contributed by atoms with Crippen molar-refractivity contribution in [3.63, 3.8) is 0 Å². The highest BCUT2D eigenvalue weighted by atomic mass is 79.9. The van der Waals surface area contributed by atoms with E-state index < -0.39 is 17.9 Å². The average Bonchev–Trinajstić information content (AvgIpc) is 2.54. The van der Waals surface area contributed by atoms with Gasteiger partial charge in [0.2, 0.25) is 11.8 Å². The van der Waals surface area contributed by atoms with Crippen molar-refractivity contribution >= 4 is 39.3 Å². The molecule has 0 unspecified atom stereocenters. The summed E-state index contributed by atoms with van der Waals surface area (Å²) in [7, 11) is 0. The second-order valence-electron chi connectivity index (χ2n) is 5.52. The minimum Gasteiger partial charge on any atom is -0.368 e. The van der Waals surface area contributed by atoms with E-state index in [1.54, 1.807) is 24.3 Å². The van der Waals surface area contributed by atoms with E-state index in [2.05, 4.69) is 26.6 Å². The summed E-state index contributed by atoms with van der Waals surface area (Å²) in [5.74, 6) is -1.21. The van der Waals surface area contributed by atoms with Gasteiger partial charge in [-0.15, -0.1) is 0 Å². The van der Waals surface area contributed by atoms with Crippen molar-refractivity contribution in [1.82, 2.24) is 5.32 Å². The minimum atomic E-state index is -0.822. The monoisotopic (exact) mass is 403 g/mol. The maximum atomic E-state index is 12.3. The maximum Gasteiger partial charge on any atom is 0.251 e. The van der Waals surface area contributed by atoms with Gasteiger partial charge in [-0.25, -0.2) is 0 Å². The number of rotatable bonds is 6. The summed E-state index contributed by atoms with van der Waals surface area (Å²) < 4.78 is 0.883. The molecule has 0 saturated heterocycles. The third-order valence-corrected chi connectivity index (χ3v) is 3.94. The van der Waals surface area contributed by atoms with Crippen molar-refractivity contribution in [2.24, 2.45) is 5.73 Å². The molecule has 2 aromatic rings. The van der Waals surface area contributed by atoms with E-state index in [0.29, 0.717) is 17.7 Å². The lowest BCUT2D eigenvalue weighted by molar-refractivity contribution is -0.119. The molecular weight excluding hydrogens is 386 g/mol. The molecule has 6 nitrogen and oxygen atoms in total. The number of benzene rings is 2. The zero-order valence-corrected chi connectivity index (χ0v) is 15.2. The zero-order valence-electron chi connectivity index (χ0n) is 13.6. The van der Waals surface area contributed by atoms with Crippen LogP contribution < -0.4 is 16.4 Å². The van der Waals surface area contributed by atoms with Gasteiger partial charge in [-0.2, -0.15) is 0 Å². The number of anilines is 1. The fourth-order valence-electron chi connectivity index (χ4n) is 2.27. The SMILES string of the molecule is CC(=O)Nc1ccc(C(=O)N[C@H](Cc2cccc(Br)c2)C(N)=O)cc1. The standard InChI is InChI=1S/C18H18BrN3O3/c1-11(23)21-15-7-5-13(6-8-15)18(25)22-16(17(20)24)10-12-3-2-4-14(19)9-12/h2-9,16H,10H2,1H3,(H2,20,24)(H,21,23)(H,22,25)/t16-/m1/s1. The molecule has 0 heterocycles. The summed E-state index contributed by atoms with van der Waals surface area (Å²) in [6.45, 7) is 1.40. The quantitative estimate of drug-likeness (QED) is 0.688. The highest BCUT2D eigenvalue weighted by Crippen LogP contribution is 2.14. The Labute approximate surface area is 153 Å². The first-order valence-electron chi connectivity index (χ1n) is 7.57. The molecule has 0 bridgehead atoms. The van der Waals surface area contributed by atoms with E-state index in [4.69, 9.17) is 5.73 Å². The van der Waals surface area contributed by atoms with Crippen LogP contribution in [0.5, 0.6) is 0 Å². The second-order valence-corrected chi connectivity index (χ2v) is 6.44. The number of nitrogens with two attached hydrogens (primary N) is 1. The molecule has 130 valence electrons. The first-order chi connectivity index (χ1) is 11.8. The number of hydrogen-bond acceptors (Lipinski definition) is 3. The van der Waals surface area contributed by atoms with Crippen molar-refractivity contribution < 1.29 is 14.4 Å². The van der Waals surface area contributed by atoms with Gasteiger partial charge in [0.1, 0.15) is 6.04 Å². The van der Waals surface area contributed by atoms with Gasteiger partial charge in [-0.05, 0) is 42.0 Å². The third kappa shape index (κ3) is 5.72. The van der Waals surface area contributed by atoms with E-state index in [1.807, 2.05) is 24.3 Å². The molecule has 0 saturated carbocycles. The van der Waals surface area contributed by atoms with Crippen LogP contribution in [0.25, 0.3) is 0 Å². The summed E-state index contributed by atoms with van der Waals surface area (Å²) in [4.78, 5) is 35.0. The van der Waals surface area contributed by atoms with Gasteiger partial charge in [0.25, 0.3) is 5.91 Å².